The fourth-order valence-electron chi connectivity index (χ4n) is 3.37. The number of amides is 2. The number of H-pyrrole nitrogens is 1. The summed E-state index contributed by atoms with van der Waals surface area (Å²) in [6.45, 7) is 2.13. The molecular weight excluding hydrogens is 362 g/mol. The van der Waals surface area contributed by atoms with Gasteiger partial charge in [0.2, 0.25) is 0 Å². The van der Waals surface area contributed by atoms with Gasteiger partial charge in [0.1, 0.15) is 5.75 Å². The number of anilines is 2. The van der Waals surface area contributed by atoms with Crippen molar-refractivity contribution in [3.05, 3.63) is 78.4 Å². The molecule has 0 bridgehead atoms. The molecule has 0 unspecified atom stereocenters. The van der Waals surface area contributed by atoms with Gasteiger partial charge in [0.25, 0.3) is 0 Å². The van der Waals surface area contributed by atoms with Crippen molar-refractivity contribution in [2.24, 2.45) is 0 Å². The zero-order chi connectivity index (χ0) is 20.2. The molecule has 3 N–H and O–H groups in total. The molecule has 4 aromatic rings. The lowest BCUT2D eigenvalue weighted by Gasteiger charge is -2.10. The number of para-hydroxylation sites is 1. The highest BCUT2D eigenvalue weighted by Gasteiger charge is 2.15. The van der Waals surface area contributed by atoms with Gasteiger partial charge in [-0.2, -0.15) is 0 Å². The highest BCUT2D eigenvalue weighted by Crippen LogP contribution is 2.35. The molecule has 0 aliphatic rings. The number of aromatic nitrogens is 1. The zero-order valence-corrected chi connectivity index (χ0v) is 16.5. The van der Waals surface area contributed by atoms with Crippen LogP contribution in [-0.2, 0) is 6.42 Å². The predicted octanol–water partition coefficient (Wildman–Crippen LogP) is 6.05. The average Bonchev–Trinajstić information content (AvgIpc) is 3.12. The Morgan fingerprint density at radius 3 is 2.52 bits per heavy atom. The van der Waals surface area contributed by atoms with Crippen molar-refractivity contribution in [1.82, 2.24) is 4.98 Å². The van der Waals surface area contributed by atoms with Crippen LogP contribution in [0.4, 0.5) is 16.2 Å². The van der Waals surface area contributed by atoms with Gasteiger partial charge in [0, 0.05) is 28.2 Å². The molecule has 0 spiro atoms. The maximum atomic E-state index is 12.7. The Hall–Kier alpha value is -3.73. The minimum Gasteiger partial charge on any atom is -0.497 e. The number of urea groups is 1. The maximum Gasteiger partial charge on any atom is 0.323 e. The van der Waals surface area contributed by atoms with E-state index in [4.69, 9.17) is 4.74 Å². The SMILES string of the molecule is CCc1ccc(-c2[nH]c3ccccc3c2NC(=O)Nc2cccc(OC)c2)cc1. The van der Waals surface area contributed by atoms with Crippen LogP contribution in [0.3, 0.4) is 0 Å². The van der Waals surface area contributed by atoms with Crippen LogP contribution in [0.15, 0.2) is 72.8 Å². The quantitative estimate of drug-likeness (QED) is 0.391. The van der Waals surface area contributed by atoms with E-state index in [1.807, 2.05) is 42.5 Å². The van der Waals surface area contributed by atoms with E-state index in [-0.39, 0.29) is 6.03 Å². The van der Waals surface area contributed by atoms with Gasteiger partial charge < -0.3 is 20.4 Å². The van der Waals surface area contributed by atoms with Gasteiger partial charge in [0.05, 0.1) is 18.5 Å². The smallest absolute Gasteiger partial charge is 0.323 e. The Balaban J connectivity index is 1.67. The van der Waals surface area contributed by atoms with Crippen LogP contribution in [0.1, 0.15) is 12.5 Å². The van der Waals surface area contributed by atoms with Crippen molar-refractivity contribution in [3.63, 3.8) is 0 Å². The van der Waals surface area contributed by atoms with Crippen LogP contribution in [0.25, 0.3) is 22.2 Å². The monoisotopic (exact) mass is 385 g/mol. The van der Waals surface area contributed by atoms with Crippen LogP contribution in [-0.4, -0.2) is 18.1 Å². The molecule has 0 atom stereocenters. The molecule has 5 heteroatoms. The van der Waals surface area contributed by atoms with Crippen molar-refractivity contribution in [2.45, 2.75) is 13.3 Å². The van der Waals surface area contributed by atoms with E-state index in [9.17, 15) is 4.79 Å². The van der Waals surface area contributed by atoms with Crippen LogP contribution < -0.4 is 15.4 Å². The van der Waals surface area contributed by atoms with E-state index in [2.05, 4.69) is 46.8 Å². The molecule has 1 heterocycles. The van der Waals surface area contributed by atoms with Crippen LogP contribution >= 0.6 is 0 Å². The Bertz CT molecular complexity index is 1150. The topological polar surface area (TPSA) is 66.2 Å². The van der Waals surface area contributed by atoms with Gasteiger partial charge in [-0.3, -0.25) is 0 Å². The first-order chi connectivity index (χ1) is 14.2. The van der Waals surface area contributed by atoms with Gasteiger partial charge >= 0.3 is 6.03 Å². The number of rotatable bonds is 5. The molecule has 2 amide bonds. The summed E-state index contributed by atoms with van der Waals surface area (Å²) in [5.74, 6) is 0.687. The lowest BCUT2D eigenvalue weighted by molar-refractivity contribution is 0.262. The molecule has 0 saturated carbocycles. The number of benzene rings is 3. The van der Waals surface area contributed by atoms with E-state index in [1.165, 1.54) is 5.56 Å². The molecule has 146 valence electrons. The fraction of sp³-hybridized carbons (Fsp3) is 0.125. The number of nitrogens with one attached hydrogen (secondary N) is 3. The van der Waals surface area contributed by atoms with Gasteiger partial charge in [-0.25, -0.2) is 4.79 Å². The first-order valence-corrected chi connectivity index (χ1v) is 9.60. The van der Waals surface area contributed by atoms with Crippen molar-refractivity contribution in [1.29, 1.82) is 0 Å². The highest BCUT2D eigenvalue weighted by atomic mass is 16.5. The van der Waals surface area contributed by atoms with E-state index >= 15 is 0 Å². The molecule has 1 aromatic heterocycles. The van der Waals surface area contributed by atoms with Crippen molar-refractivity contribution >= 4 is 28.3 Å². The van der Waals surface area contributed by atoms with Crippen LogP contribution in [0.5, 0.6) is 5.75 Å². The van der Waals surface area contributed by atoms with Crippen molar-refractivity contribution in [2.75, 3.05) is 17.7 Å². The Morgan fingerprint density at radius 2 is 1.76 bits per heavy atom. The number of fused-ring (bicyclic) bond motifs is 1. The summed E-state index contributed by atoms with van der Waals surface area (Å²) in [6, 6.07) is 23.3. The standard InChI is InChI=1S/C24H23N3O2/c1-3-16-11-13-17(14-12-16)22-23(20-9-4-5-10-21(20)26-22)27-24(28)25-18-7-6-8-19(15-18)29-2/h4-15,26H,3H2,1-2H3,(H2,25,27,28). The number of carbonyl (C=O) groups excluding carboxylic acids is 1. The first-order valence-electron chi connectivity index (χ1n) is 9.60. The lowest BCUT2D eigenvalue weighted by Crippen LogP contribution is -2.19. The average molecular weight is 385 g/mol. The predicted molar refractivity (Wildman–Crippen MR) is 119 cm³/mol. The number of hydrogen-bond acceptors (Lipinski definition) is 2. The second-order valence-electron chi connectivity index (χ2n) is 6.78. The van der Waals surface area contributed by atoms with E-state index < -0.39 is 0 Å². The molecule has 5 nitrogen and oxygen atoms in total. The molecule has 0 saturated heterocycles. The summed E-state index contributed by atoms with van der Waals surface area (Å²) in [7, 11) is 1.60. The van der Waals surface area contributed by atoms with Crippen molar-refractivity contribution < 1.29 is 9.53 Å². The highest BCUT2D eigenvalue weighted by molar-refractivity contribution is 6.10. The van der Waals surface area contributed by atoms with Crippen LogP contribution in [0, 0.1) is 0 Å². The summed E-state index contributed by atoms with van der Waals surface area (Å²) in [4.78, 5) is 16.2. The minimum atomic E-state index is -0.311. The number of methoxy groups -OCH3 is 1. The number of ether oxygens (including phenoxy) is 1. The summed E-state index contributed by atoms with van der Waals surface area (Å²) in [5, 5.41) is 6.86. The minimum absolute atomic E-state index is 0.311. The van der Waals surface area contributed by atoms with Gasteiger partial charge in [-0.05, 0) is 30.2 Å². The Labute approximate surface area is 169 Å². The van der Waals surface area contributed by atoms with Gasteiger partial charge in [-0.15, -0.1) is 0 Å². The number of carbonyl (C=O) groups is 1. The summed E-state index contributed by atoms with van der Waals surface area (Å²) in [6.07, 6.45) is 0.987. The summed E-state index contributed by atoms with van der Waals surface area (Å²) < 4.78 is 5.22. The van der Waals surface area contributed by atoms with Crippen LogP contribution in [0.2, 0.25) is 0 Å². The molecule has 29 heavy (non-hydrogen) atoms. The fourth-order valence-corrected chi connectivity index (χ4v) is 3.37. The van der Waals surface area contributed by atoms with E-state index in [1.54, 1.807) is 13.2 Å². The third-order valence-electron chi connectivity index (χ3n) is 4.92. The number of aryl methyl sites for hydroxylation is 1. The van der Waals surface area contributed by atoms with E-state index in [0.29, 0.717) is 11.4 Å². The number of hydrogen-bond donors (Lipinski definition) is 3. The molecule has 0 fully saturated rings. The van der Waals surface area contributed by atoms with Crippen molar-refractivity contribution in [3.8, 4) is 17.0 Å². The second-order valence-corrected chi connectivity index (χ2v) is 6.78. The third-order valence-corrected chi connectivity index (χ3v) is 4.92. The molecular formula is C24H23N3O2. The first kappa shape index (κ1) is 18.6. The maximum absolute atomic E-state index is 12.7. The molecule has 0 aliphatic carbocycles. The summed E-state index contributed by atoms with van der Waals surface area (Å²) >= 11 is 0. The Morgan fingerprint density at radius 1 is 0.966 bits per heavy atom. The number of aromatic amines is 1. The third kappa shape index (κ3) is 3.94. The molecule has 0 aliphatic heterocycles. The second kappa shape index (κ2) is 8.10. The lowest BCUT2D eigenvalue weighted by atomic mass is 10.1. The molecule has 4 rings (SSSR count). The van der Waals surface area contributed by atoms with Gasteiger partial charge in [-0.1, -0.05) is 55.5 Å². The molecule has 3 aromatic carbocycles. The zero-order valence-electron chi connectivity index (χ0n) is 16.5. The van der Waals surface area contributed by atoms with E-state index in [0.717, 1.165) is 34.3 Å². The normalized spacial score (nSPS) is 10.7. The van der Waals surface area contributed by atoms with Gasteiger partial charge in [0.15, 0.2) is 0 Å². The Kier molecular flexibility index (Phi) is 5.20. The summed E-state index contributed by atoms with van der Waals surface area (Å²) in [5.41, 5.74) is 5.57. The molecule has 0 radical (unpaired) electrons. The largest absolute Gasteiger partial charge is 0.497 e.